The van der Waals surface area contributed by atoms with Crippen molar-refractivity contribution in [2.45, 2.75) is 12.5 Å². The normalized spacial score (nSPS) is 23.8. The van der Waals surface area contributed by atoms with Crippen LogP contribution in [-0.2, 0) is 20.2 Å². The number of hydrogen-bond acceptors (Lipinski definition) is 5. The molecule has 1 N–H and O–H groups in total. The van der Waals surface area contributed by atoms with Gasteiger partial charge in [-0.05, 0) is 19.1 Å². The Morgan fingerprint density at radius 3 is 2.63 bits per heavy atom. The van der Waals surface area contributed by atoms with Crippen LogP contribution in [0.4, 0.5) is 4.79 Å². The second-order valence-corrected chi connectivity index (χ2v) is 6.88. The number of nitrogens with zero attached hydrogens (tertiary/aromatic N) is 1. The molecule has 2 rings (SSSR count). The molecule has 19 heavy (non-hydrogen) atoms. The van der Waals surface area contributed by atoms with E-state index in [4.69, 9.17) is 4.42 Å². The Labute approximate surface area is 110 Å². The van der Waals surface area contributed by atoms with Crippen molar-refractivity contribution >= 4 is 21.8 Å². The fraction of sp³-hybridized carbons (Fsp3) is 0.455. The Bertz CT molecular complexity index is 607. The lowest BCUT2D eigenvalue weighted by Gasteiger charge is -2.18. The van der Waals surface area contributed by atoms with E-state index in [0.717, 1.165) is 11.2 Å². The molecule has 1 aromatic rings. The van der Waals surface area contributed by atoms with Gasteiger partial charge in [0.25, 0.3) is 5.91 Å². The number of carbonyl (C=O) groups excluding carboxylic acids is 2. The number of furan rings is 1. The first-order valence-corrected chi connectivity index (χ1v) is 7.66. The van der Waals surface area contributed by atoms with Gasteiger partial charge in [-0.2, -0.15) is 0 Å². The molecule has 0 unspecified atom stereocenters. The smallest absolute Gasteiger partial charge is 0.325 e. The van der Waals surface area contributed by atoms with Crippen LogP contribution < -0.4 is 5.32 Å². The van der Waals surface area contributed by atoms with Crippen molar-refractivity contribution in [3.8, 4) is 0 Å². The number of carbonyl (C=O) groups is 2. The van der Waals surface area contributed by atoms with E-state index in [2.05, 4.69) is 5.32 Å². The van der Waals surface area contributed by atoms with Crippen molar-refractivity contribution in [3.05, 3.63) is 24.2 Å². The van der Waals surface area contributed by atoms with Gasteiger partial charge >= 0.3 is 6.03 Å². The van der Waals surface area contributed by atoms with E-state index < -0.39 is 27.3 Å². The van der Waals surface area contributed by atoms with Crippen LogP contribution >= 0.6 is 0 Å². The Morgan fingerprint density at radius 1 is 1.42 bits per heavy atom. The van der Waals surface area contributed by atoms with E-state index in [1.165, 1.54) is 13.2 Å². The highest BCUT2D eigenvalue weighted by Crippen LogP contribution is 2.28. The molecule has 7 nitrogen and oxygen atoms in total. The maximum atomic E-state index is 12.2. The highest BCUT2D eigenvalue weighted by Gasteiger charge is 2.50. The molecule has 0 aliphatic carbocycles. The summed E-state index contributed by atoms with van der Waals surface area (Å²) in [7, 11) is -3.25. The van der Waals surface area contributed by atoms with Gasteiger partial charge in [0, 0.05) is 12.8 Å². The number of hydrogen-bond donors (Lipinski definition) is 1. The predicted molar refractivity (Wildman–Crippen MR) is 66.0 cm³/mol. The molecule has 1 aliphatic heterocycles. The van der Waals surface area contributed by atoms with Crippen molar-refractivity contribution in [1.82, 2.24) is 10.2 Å². The van der Waals surface area contributed by atoms with Gasteiger partial charge in [-0.15, -0.1) is 0 Å². The summed E-state index contributed by atoms with van der Waals surface area (Å²) in [6.45, 7) is 1.35. The SMILES string of the molecule is C[C@]1(c2ccco2)NC(=O)N(CCS(C)(=O)=O)C1=O. The van der Waals surface area contributed by atoms with E-state index >= 15 is 0 Å². The zero-order valence-electron chi connectivity index (χ0n) is 10.5. The lowest BCUT2D eigenvalue weighted by molar-refractivity contribution is -0.131. The Hall–Kier alpha value is -1.83. The number of sulfone groups is 1. The second kappa shape index (κ2) is 4.37. The summed E-state index contributed by atoms with van der Waals surface area (Å²) < 4.78 is 27.4. The summed E-state index contributed by atoms with van der Waals surface area (Å²) in [6.07, 6.45) is 2.45. The van der Waals surface area contributed by atoms with E-state index in [1.54, 1.807) is 12.1 Å². The van der Waals surface area contributed by atoms with Crippen LogP contribution in [-0.4, -0.2) is 43.8 Å². The van der Waals surface area contributed by atoms with Crippen molar-refractivity contribution in [2.24, 2.45) is 0 Å². The van der Waals surface area contributed by atoms with E-state index in [1.807, 2.05) is 0 Å². The average molecular weight is 286 g/mol. The molecular formula is C11H14N2O5S. The third kappa shape index (κ3) is 2.48. The maximum Gasteiger partial charge on any atom is 0.325 e. The van der Waals surface area contributed by atoms with Gasteiger partial charge in [0.15, 0.2) is 5.54 Å². The van der Waals surface area contributed by atoms with Gasteiger partial charge in [0.1, 0.15) is 15.6 Å². The molecule has 1 saturated heterocycles. The molecule has 1 atom stereocenters. The molecule has 0 aromatic carbocycles. The van der Waals surface area contributed by atoms with Crippen molar-refractivity contribution in [3.63, 3.8) is 0 Å². The molecule has 8 heteroatoms. The topological polar surface area (TPSA) is 96.7 Å². The van der Waals surface area contributed by atoms with Gasteiger partial charge in [-0.25, -0.2) is 13.2 Å². The summed E-state index contributed by atoms with van der Waals surface area (Å²) in [5.74, 6) is -0.468. The van der Waals surface area contributed by atoms with Crippen molar-refractivity contribution in [1.29, 1.82) is 0 Å². The molecular weight excluding hydrogens is 272 g/mol. The Balaban J connectivity index is 2.22. The zero-order valence-corrected chi connectivity index (χ0v) is 11.4. The molecule has 0 saturated carbocycles. The third-order valence-corrected chi connectivity index (χ3v) is 3.90. The molecule has 1 fully saturated rings. The molecule has 1 aliphatic rings. The minimum absolute atomic E-state index is 0.167. The third-order valence-electron chi connectivity index (χ3n) is 2.97. The Kier molecular flexibility index (Phi) is 3.13. The van der Waals surface area contributed by atoms with Crippen LogP contribution in [0.15, 0.2) is 22.8 Å². The standard InChI is InChI=1S/C11H14N2O5S/c1-11(8-4-3-6-18-8)9(14)13(10(15)12-11)5-7-19(2,16)17/h3-4,6H,5,7H2,1-2H3,(H,12,15)/t11-/m1/s1. The number of rotatable bonds is 4. The van der Waals surface area contributed by atoms with Gasteiger partial charge in [0.2, 0.25) is 0 Å². The quantitative estimate of drug-likeness (QED) is 0.791. The predicted octanol–water partition coefficient (Wildman–Crippen LogP) is 0.0912. The van der Waals surface area contributed by atoms with Crippen LogP contribution in [0, 0.1) is 0 Å². The highest BCUT2D eigenvalue weighted by molar-refractivity contribution is 7.90. The zero-order chi connectivity index (χ0) is 14.3. The number of amides is 3. The van der Waals surface area contributed by atoms with Crippen LogP contribution in [0.1, 0.15) is 12.7 Å². The Morgan fingerprint density at radius 2 is 2.11 bits per heavy atom. The summed E-state index contributed by atoms with van der Waals surface area (Å²) in [4.78, 5) is 24.9. The van der Waals surface area contributed by atoms with Crippen LogP contribution in [0.5, 0.6) is 0 Å². The summed E-state index contributed by atoms with van der Waals surface area (Å²) in [5.41, 5.74) is -1.28. The molecule has 0 spiro atoms. The van der Waals surface area contributed by atoms with Crippen LogP contribution in [0.3, 0.4) is 0 Å². The largest absolute Gasteiger partial charge is 0.466 e. The highest BCUT2D eigenvalue weighted by atomic mass is 32.2. The van der Waals surface area contributed by atoms with Crippen molar-refractivity contribution in [2.75, 3.05) is 18.6 Å². The fourth-order valence-electron chi connectivity index (χ4n) is 1.89. The first kappa shape index (κ1) is 13.6. The first-order chi connectivity index (χ1) is 8.74. The molecule has 1 aromatic heterocycles. The van der Waals surface area contributed by atoms with Gasteiger partial charge in [-0.1, -0.05) is 0 Å². The number of imide groups is 1. The number of nitrogens with one attached hydrogen (secondary N) is 1. The lowest BCUT2D eigenvalue weighted by atomic mass is 9.99. The fourth-order valence-corrected chi connectivity index (χ4v) is 2.40. The van der Waals surface area contributed by atoms with Gasteiger partial charge < -0.3 is 9.73 Å². The summed E-state index contributed by atoms with van der Waals surface area (Å²) in [5, 5.41) is 2.52. The van der Waals surface area contributed by atoms with E-state index in [0.29, 0.717) is 5.76 Å². The molecule has 0 radical (unpaired) electrons. The van der Waals surface area contributed by atoms with Crippen molar-refractivity contribution < 1.29 is 22.4 Å². The number of urea groups is 1. The molecule has 0 bridgehead atoms. The first-order valence-electron chi connectivity index (χ1n) is 5.60. The van der Waals surface area contributed by atoms with Crippen LogP contribution in [0.25, 0.3) is 0 Å². The van der Waals surface area contributed by atoms with E-state index in [9.17, 15) is 18.0 Å². The molecule has 104 valence electrons. The molecule has 3 amide bonds. The maximum absolute atomic E-state index is 12.2. The second-order valence-electron chi connectivity index (χ2n) is 4.62. The lowest BCUT2D eigenvalue weighted by Crippen LogP contribution is -2.41. The molecule has 2 heterocycles. The minimum Gasteiger partial charge on any atom is -0.466 e. The van der Waals surface area contributed by atoms with Crippen LogP contribution in [0.2, 0.25) is 0 Å². The summed E-state index contributed by atoms with van der Waals surface area (Å²) in [6, 6.07) is 2.57. The van der Waals surface area contributed by atoms with Gasteiger partial charge in [0.05, 0.1) is 12.0 Å². The monoisotopic (exact) mass is 286 g/mol. The minimum atomic E-state index is -3.25. The van der Waals surface area contributed by atoms with Gasteiger partial charge in [-0.3, -0.25) is 9.69 Å². The average Bonchev–Trinajstić information content (AvgIpc) is 2.86. The van der Waals surface area contributed by atoms with E-state index in [-0.39, 0.29) is 12.3 Å². The summed E-state index contributed by atoms with van der Waals surface area (Å²) >= 11 is 0.